The molecule has 2 aliphatic rings. The molecule has 2 N–H and O–H groups in total. The number of hydrogen-bond donors (Lipinski definition) is 2. The molecule has 0 spiro atoms. The molecule has 2 amide bonds. The monoisotopic (exact) mass is 297 g/mol. The molecular formula is C15H27N3O3. The second-order valence-corrected chi connectivity index (χ2v) is 6.78. The van der Waals surface area contributed by atoms with E-state index in [0.29, 0.717) is 18.8 Å². The Morgan fingerprint density at radius 2 is 1.81 bits per heavy atom. The highest BCUT2D eigenvalue weighted by Gasteiger charge is 2.44. The van der Waals surface area contributed by atoms with E-state index in [2.05, 4.69) is 24.1 Å². The van der Waals surface area contributed by atoms with Crippen LogP contribution in [-0.2, 0) is 4.79 Å². The zero-order chi connectivity index (χ0) is 15.5. The Kier molecular flexibility index (Phi) is 5.08. The lowest BCUT2D eigenvalue weighted by atomic mass is 9.69. The minimum atomic E-state index is -0.782. The van der Waals surface area contributed by atoms with Crippen molar-refractivity contribution < 1.29 is 14.7 Å². The Morgan fingerprint density at radius 1 is 1.19 bits per heavy atom. The van der Waals surface area contributed by atoms with E-state index in [1.165, 1.54) is 0 Å². The van der Waals surface area contributed by atoms with E-state index < -0.39 is 11.4 Å². The summed E-state index contributed by atoms with van der Waals surface area (Å²) in [7, 11) is 0. The number of piperazine rings is 1. The van der Waals surface area contributed by atoms with Crippen LogP contribution in [0.4, 0.5) is 4.79 Å². The van der Waals surface area contributed by atoms with Crippen molar-refractivity contribution in [2.75, 3.05) is 39.3 Å². The molecule has 0 aromatic carbocycles. The van der Waals surface area contributed by atoms with Crippen molar-refractivity contribution in [1.29, 1.82) is 0 Å². The molecule has 21 heavy (non-hydrogen) atoms. The van der Waals surface area contributed by atoms with Crippen LogP contribution in [0.3, 0.4) is 0 Å². The molecule has 0 atom stereocenters. The maximum Gasteiger partial charge on any atom is 0.317 e. The smallest absolute Gasteiger partial charge is 0.317 e. The van der Waals surface area contributed by atoms with Gasteiger partial charge in [-0.2, -0.15) is 0 Å². The highest BCUT2D eigenvalue weighted by Crippen LogP contribution is 2.40. The van der Waals surface area contributed by atoms with Crippen LogP contribution < -0.4 is 5.32 Å². The first kappa shape index (κ1) is 16.1. The maximum absolute atomic E-state index is 12.1. The molecule has 1 aliphatic carbocycles. The zero-order valence-corrected chi connectivity index (χ0v) is 13.1. The van der Waals surface area contributed by atoms with Gasteiger partial charge in [0.2, 0.25) is 0 Å². The summed E-state index contributed by atoms with van der Waals surface area (Å²) < 4.78 is 0. The number of carbonyl (C=O) groups is 2. The number of carbonyl (C=O) groups excluding carboxylic acids is 1. The van der Waals surface area contributed by atoms with Crippen LogP contribution in [0, 0.1) is 11.3 Å². The molecular weight excluding hydrogens is 270 g/mol. The Balaban J connectivity index is 1.74. The van der Waals surface area contributed by atoms with Gasteiger partial charge >= 0.3 is 12.0 Å². The lowest BCUT2D eigenvalue weighted by Gasteiger charge is -2.39. The molecule has 0 aromatic rings. The van der Waals surface area contributed by atoms with Crippen LogP contribution in [0.5, 0.6) is 0 Å². The van der Waals surface area contributed by atoms with Gasteiger partial charge in [0.25, 0.3) is 0 Å². The number of urea groups is 1. The second kappa shape index (κ2) is 6.64. The third kappa shape index (κ3) is 3.87. The molecule has 0 aromatic heterocycles. The van der Waals surface area contributed by atoms with Crippen molar-refractivity contribution >= 4 is 12.0 Å². The average molecular weight is 297 g/mol. The van der Waals surface area contributed by atoms with Gasteiger partial charge < -0.3 is 15.3 Å². The maximum atomic E-state index is 12.1. The van der Waals surface area contributed by atoms with Gasteiger partial charge in [-0.25, -0.2) is 4.79 Å². The topological polar surface area (TPSA) is 72.9 Å². The number of nitrogens with zero attached hydrogens (tertiary/aromatic N) is 2. The standard InChI is InChI=1S/C15H27N3O3/c1-12(2)10-17-6-8-18(9-7-17)14(21)16-11-15(13(19)20)4-3-5-15/h12H,3-11H2,1-2H3,(H,16,21)(H,19,20). The Labute approximate surface area is 126 Å². The van der Waals surface area contributed by atoms with Gasteiger partial charge in [-0.3, -0.25) is 9.69 Å². The first-order chi connectivity index (χ1) is 9.93. The highest BCUT2D eigenvalue weighted by atomic mass is 16.4. The number of amides is 2. The summed E-state index contributed by atoms with van der Waals surface area (Å²) >= 11 is 0. The van der Waals surface area contributed by atoms with Crippen LogP contribution in [0.15, 0.2) is 0 Å². The van der Waals surface area contributed by atoms with Gasteiger partial charge in [-0.15, -0.1) is 0 Å². The molecule has 2 rings (SSSR count). The first-order valence-electron chi connectivity index (χ1n) is 7.91. The van der Waals surface area contributed by atoms with Gasteiger partial charge in [0.15, 0.2) is 0 Å². The molecule has 1 heterocycles. The summed E-state index contributed by atoms with van der Waals surface area (Å²) in [6.45, 7) is 8.96. The number of rotatable bonds is 5. The molecule has 1 saturated carbocycles. The van der Waals surface area contributed by atoms with Crippen LogP contribution in [-0.4, -0.2) is 66.2 Å². The van der Waals surface area contributed by atoms with Crippen molar-refractivity contribution in [3.8, 4) is 0 Å². The SMILES string of the molecule is CC(C)CN1CCN(C(=O)NCC2(C(=O)O)CCC2)CC1. The predicted molar refractivity (Wildman–Crippen MR) is 80.2 cm³/mol. The fraction of sp³-hybridized carbons (Fsp3) is 0.867. The van der Waals surface area contributed by atoms with Crippen molar-refractivity contribution in [2.24, 2.45) is 11.3 Å². The van der Waals surface area contributed by atoms with E-state index in [4.69, 9.17) is 0 Å². The van der Waals surface area contributed by atoms with Gasteiger partial charge in [0.1, 0.15) is 0 Å². The fourth-order valence-corrected chi connectivity index (χ4v) is 3.08. The number of carboxylic acid groups (broad SMARTS) is 1. The number of carboxylic acids is 1. The summed E-state index contributed by atoms with van der Waals surface area (Å²) in [5, 5.41) is 12.1. The summed E-state index contributed by atoms with van der Waals surface area (Å²) in [6, 6.07) is -0.119. The number of hydrogen-bond acceptors (Lipinski definition) is 3. The summed E-state index contributed by atoms with van der Waals surface area (Å²) in [5.74, 6) is -0.143. The van der Waals surface area contributed by atoms with Crippen LogP contribution in [0.25, 0.3) is 0 Å². The zero-order valence-electron chi connectivity index (χ0n) is 13.1. The Bertz CT molecular complexity index is 386. The van der Waals surface area contributed by atoms with Crippen molar-refractivity contribution in [2.45, 2.75) is 33.1 Å². The number of nitrogens with one attached hydrogen (secondary N) is 1. The molecule has 6 heteroatoms. The highest BCUT2D eigenvalue weighted by molar-refractivity contribution is 5.79. The van der Waals surface area contributed by atoms with Crippen LogP contribution in [0.1, 0.15) is 33.1 Å². The minimum absolute atomic E-state index is 0.119. The van der Waals surface area contributed by atoms with E-state index in [-0.39, 0.29) is 12.6 Å². The lowest BCUT2D eigenvalue weighted by Crippen LogP contribution is -2.55. The van der Waals surface area contributed by atoms with Gasteiger partial charge in [0.05, 0.1) is 5.41 Å². The molecule has 0 radical (unpaired) electrons. The summed E-state index contributed by atoms with van der Waals surface area (Å²) in [6.07, 6.45) is 2.28. The van der Waals surface area contributed by atoms with E-state index in [1.807, 2.05) is 0 Å². The molecule has 0 bridgehead atoms. The first-order valence-corrected chi connectivity index (χ1v) is 7.91. The van der Waals surface area contributed by atoms with E-state index in [0.717, 1.165) is 39.1 Å². The molecule has 120 valence electrons. The molecule has 6 nitrogen and oxygen atoms in total. The Morgan fingerprint density at radius 3 is 2.24 bits per heavy atom. The van der Waals surface area contributed by atoms with Gasteiger partial charge in [-0.05, 0) is 18.8 Å². The van der Waals surface area contributed by atoms with E-state index in [9.17, 15) is 14.7 Å². The minimum Gasteiger partial charge on any atom is -0.481 e. The number of aliphatic carboxylic acids is 1. The third-order valence-corrected chi connectivity index (χ3v) is 4.63. The molecule has 1 saturated heterocycles. The molecule has 1 aliphatic heterocycles. The quantitative estimate of drug-likeness (QED) is 0.800. The van der Waals surface area contributed by atoms with Crippen LogP contribution in [0.2, 0.25) is 0 Å². The second-order valence-electron chi connectivity index (χ2n) is 6.78. The normalized spacial score (nSPS) is 22.0. The lowest BCUT2D eigenvalue weighted by molar-refractivity contribution is -0.153. The fourth-order valence-electron chi connectivity index (χ4n) is 3.08. The van der Waals surface area contributed by atoms with Crippen molar-refractivity contribution in [3.63, 3.8) is 0 Å². The molecule has 2 fully saturated rings. The van der Waals surface area contributed by atoms with Gasteiger partial charge in [-0.1, -0.05) is 20.3 Å². The largest absolute Gasteiger partial charge is 0.481 e. The Hall–Kier alpha value is -1.30. The van der Waals surface area contributed by atoms with Crippen LogP contribution >= 0.6 is 0 Å². The van der Waals surface area contributed by atoms with E-state index >= 15 is 0 Å². The summed E-state index contributed by atoms with van der Waals surface area (Å²) in [4.78, 5) is 27.6. The molecule has 0 unspecified atom stereocenters. The van der Waals surface area contributed by atoms with E-state index in [1.54, 1.807) is 4.90 Å². The van der Waals surface area contributed by atoms with Crippen molar-refractivity contribution in [3.05, 3.63) is 0 Å². The van der Waals surface area contributed by atoms with Crippen molar-refractivity contribution in [1.82, 2.24) is 15.1 Å². The van der Waals surface area contributed by atoms with Gasteiger partial charge in [0, 0.05) is 39.3 Å². The summed E-state index contributed by atoms with van der Waals surface area (Å²) in [5.41, 5.74) is -0.713. The average Bonchev–Trinajstić information content (AvgIpc) is 2.37. The third-order valence-electron chi connectivity index (χ3n) is 4.63. The predicted octanol–water partition coefficient (Wildman–Crippen LogP) is 1.22.